The van der Waals surface area contributed by atoms with Crippen molar-refractivity contribution in [2.75, 3.05) is 7.11 Å². The lowest BCUT2D eigenvalue weighted by atomic mass is 10.1. The Labute approximate surface area is 106 Å². The summed E-state index contributed by atoms with van der Waals surface area (Å²) in [7, 11) is 1.26. The molecule has 2 rings (SSSR count). The smallest absolute Gasteiger partial charge is 0.396 e. The van der Waals surface area contributed by atoms with Crippen LogP contribution in [0.4, 0.5) is 0 Å². The number of nitrogens with zero attached hydrogens (tertiary/aromatic N) is 2. The number of aromatic nitrogens is 2. The van der Waals surface area contributed by atoms with Gasteiger partial charge in [-0.2, -0.15) is 0 Å². The van der Waals surface area contributed by atoms with Gasteiger partial charge in [0.25, 0.3) is 0 Å². The molecule has 6 heteroatoms. The van der Waals surface area contributed by atoms with Crippen molar-refractivity contribution in [3.05, 3.63) is 34.1 Å². The Kier molecular flexibility index (Phi) is 3.23. The Bertz CT molecular complexity index is 566. The first-order valence-electron chi connectivity index (χ1n) is 4.80. The van der Waals surface area contributed by atoms with Crippen LogP contribution >= 0.6 is 15.9 Å². The molecule has 1 heterocycles. The lowest BCUT2D eigenvalue weighted by molar-refractivity contribution is 0.0556. The third-order valence-corrected chi connectivity index (χ3v) is 3.08. The summed E-state index contributed by atoms with van der Waals surface area (Å²) in [5.74, 6) is -0.498. The van der Waals surface area contributed by atoms with Crippen molar-refractivity contribution < 1.29 is 13.9 Å². The first-order valence-corrected chi connectivity index (χ1v) is 5.59. The summed E-state index contributed by atoms with van der Waals surface area (Å²) in [6.07, 6.45) is 0. The van der Waals surface area contributed by atoms with Crippen molar-refractivity contribution in [3.63, 3.8) is 0 Å². The number of methoxy groups -OCH3 is 1. The lowest BCUT2D eigenvalue weighted by Crippen LogP contribution is -2.00. The van der Waals surface area contributed by atoms with Crippen LogP contribution in [-0.2, 0) is 4.74 Å². The second-order valence-corrected chi connectivity index (χ2v) is 4.22. The van der Waals surface area contributed by atoms with Crippen LogP contribution in [0, 0.1) is 6.92 Å². The standard InChI is InChI=1S/C11H9BrN2O3/c1-6-5-7(3-4-8(6)12)9-13-14-10(17-9)11(15)16-2/h3-5H,1-2H3. The fourth-order valence-corrected chi connectivity index (χ4v) is 1.53. The Balaban J connectivity index is 2.37. The van der Waals surface area contributed by atoms with E-state index in [-0.39, 0.29) is 5.89 Å². The van der Waals surface area contributed by atoms with Gasteiger partial charge in [-0.3, -0.25) is 0 Å². The van der Waals surface area contributed by atoms with Gasteiger partial charge < -0.3 is 9.15 Å². The number of ether oxygens (including phenoxy) is 1. The zero-order valence-electron chi connectivity index (χ0n) is 9.23. The second kappa shape index (κ2) is 4.67. The highest BCUT2D eigenvalue weighted by molar-refractivity contribution is 9.10. The monoisotopic (exact) mass is 296 g/mol. The van der Waals surface area contributed by atoms with Crippen molar-refractivity contribution in [2.45, 2.75) is 6.92 Å². The largest absolute Gasteiger partial charge is 0.462 e. The summed E-state index contributed by atoms with van der Waals surface area (Å²) in [6.45, 7) is 1.95. The fraction of sp³-hybridized carbons (Fsp3) is 0.182. The van der Waals surface area contributed by atoms with Gasteiger partial charge in [0, 0.05) is 10.0 Å². The number of hydrogen-bond acceptors (Lipinski definition) is 5. The topological polar surface area (TPSA) is 65.2 Å². The van der Waals surface area contributed by atoms with Crippen molar-refractivity contribution in [1.82, 2.24) is 10.2 Å². The highest BCUT2D eigenvalue weighted by Gasteiger charge is 2.16. The van der Waals surface area contributed by atoms with E-state index in [1.807, 2.05) is 25.1 Å². The molecule has 0 bridgehead atoms. The Morgan fingerprint density at radius 2 is 2.18 bits per heavy atom. The molecule has 0 fully saturated rings. The molecular formula is C11H9BrN2O3. The van der Waals surface area contributed by atoms with Crippen LogP contribution < -0.4 is 0 Å². The molecule has 0 radical (unpaired) electrons. The van der Waals surface area contributed by atoms with E-state index < -0.39 is 5.97 Å². The molecule has 0 amide bonds. The van der Waals surface area contributed by atoms with Gasteiger partial charge in [0.2, 0.25) is 5.89 Å². The molecule has 88 valence electrons. The van der Waals surface area contributed by atoms with Gasteiger partial charge in [-0.1, -0.05) is 15.9 Å². The maximum atomic E-state index is 11.2. The molecule has 0 atom stereocenters. The van der Waals surface area contributed by atoms with Gasteiger partial charge in [0.1, 0.15) is 0 Å². The van der Waals surface area contributed by atoms with E-state index in [4.69, 9.17) is 4.42 Å². The molecule has 1 aromatic carbocycles. The number of carbonyl (C=O) groups is 1. The van der Waals surface area contributed by atoms with Crippen LogP contribution in [0.15, 0.2) is 27.1 Å². The Morgan fingerprint density at radius 3 is 2.82 bits per heavy atom. The molecule has 0 spiro atoms. The first kappa shape index (κ1) is 11.8. The van der Waals surface area contributed by atoms with E-state index in [1.54, 1.807) is 0 Å². The van der Waals surface area contributed by atoms with Gasteiger partial charge in [-0.15, -0.1) is 10.2 Å². The van der Waals surface area contributed by atoms with Crippen LogP contribution in [0.3, 0.4) is 0 Å². The average Bonchev–Trinajstić information content (AvgIpc) is 2.81. The molecule has 5 nitrogen and oxygen atoms in total. The van der Waals surface area contributed by atoms with Crippen LogP contribution in [0.2, 0.25) is 0 Å². The molecule has 0 aliphatic rings. The van der Waals surface area contributed by atoms with Gasteiger partial charge in [0.05, 0.1) is 7.11 Å². The summed E-state index contributed by atoms with van der Waals surface area (Å²) < 4.78 is 10.7. The molecule has 0 aliphatic heterocycles. The first-order chi connectivity index (χ1) is 8.11. The summed E-state index contributed by atoms with van der Waals surface area (Å²) in [4.78, 5) is 11.2. The normalized spacial score (nSPS) is 10.3. The van der Waals surface area contributed by atoms with Crippen molar-refractivity contribution in [1.29, 1.82) is 0 Å². The minimum atomic E-state index is -0.641. The van der Waals surface area contributed by atoms with E-state index in [0.717, 1.165) is 15.6 Å². The van der Waals surface area contributed by atoms with Crippen LogP contribution in [-0.4, -0.2) is 23.3 Å². The number of carbonyl (C=O) groups excluding carboxylic acids is 1. The van der Waals surface area contributed by atoms with Gasteiger partial charge in [0.15, 0.2) is 0 Å². The average molecular weight is 297 g/mol. The summed E-state index contributed by atoms with van der Waals surface area (Å²) in [6, 6.07) is 5.59. The van der Waals surface area contributed by atoms with Gasteiger partial charge >= 0.3 is 11.9 Å². The Hall–Kier alpha value is -1.69. The molecular weight excluding hydrogens is 288 g/mol. The second-order valence-electron chi connectivity index (χ2n) is 3.37. The van der Waals surface area contributed by atoms with E-state index >= 15 is 0 Å². The molecule has 17 heavy (non-hydrogen) atoms. The number of aryl methyl sites for hydroxylation is 1. The molecule has 0 aliphatic carbocycles. The summed E-state index contributed by atoms with van der Waals surface area (Å²) in [5.41, 5.74) is 1.80. The van der Waals surface area contributed by atoms with Crippen molar-refractivity contribution in [2.24, 2.45) is 0 Å². The molecule has 0 unspecified atom stereocenters. The number of esters is 1. The van der Waals surface area contributed by atoms with Crippen molar-refractivity contribution >= 4 is 21.9 Å². The summed E-state index contributed by atoms with van der Waals surface area (Å²) >= 11 is 3.40. The number of rotatable bonds is 2. The molecule has 0 N–H and O–H groups in total. The lowest BCUT2D eigenvalue weighted by Gasteiger charge is -1.99. The van der Waals surface area contributed by atoms with E-state index in [2.05, 4.69) is 30.9 Å². The maximum absolute atomic E-state index is 11.2. The zero-order chi connectivity index (χ0) is 12.4. The van der Waals surface area contributed by atoms with E-state index in [1.165, 1.54) is 7.11 Å². The minimum Gasteiger partial charge on any atom is -0.462 e. The maximum Gasteiger partial charge on any atom is 0.396 e. The molecule has 2 aromatic rings. The zero-order valence-corrected chi connectivity index (χ0v) is 10.8. The minimum absolute atomic E-state index is 0.150. The molecule has 0 saturated heterocycles. The van der Waals surface area contributed by atoms with Crippen LogP contribution in [0.25, 0.3) is 11.5 Å². The van der Waals surface area contributed by atoms with Gasteiger partial charge in [-0.25, -0.2) is 4.79 Å². The third kappa shape index (κ3) is 2.36. The highest BCUT2D eigenvalue weighted by atomic mass is 79.9. The SMILES string of the molecule is COC(=O)c1nnc(-c2ccc(Br)c(C)c2)o1. The van der Waals surface area contributed by atoms with Crippen LogP contribution in [0.5, 0.6) is 0 Å². The molecule has 1 aromatic heterocycles. The number of hydrogen-bond donors (Lipinski definition) is 0. The number of benzene rings is 1. The van der Waals surface area contributed by atoms with E-state index in [0.29, 0.717) is 5.89 Å². The third-order valence-electron chi connectivity index (χ3n) is 2.19. The number of halogens is 1. The Morgan fingerprint density at radius 1 is 1.41 bits per heavy atom. The fourth-order valence-electron chi connectivity index (χ4n) is 1.29. The van der Waals surface area contributed by atoms with E-state index in [9.17, 15) is 4.79 Å². The van der Waals surface area contributed by atoms with Gasteiger partial charge in [-0.05, 0) is 30.7 Å². The highest BCUT2D eigenvalue weighted by Crippen LogP contribution is 2.24. The quantitative estimate of drug-likeness (QED) is 0.797. The molecule has 0 saturated carbocycles. The van der Waals surface area contributed by atoms with Crippen molar-refractivity contribution in [3.8, 4) is 11.5 Å². The summed E-state index contributed by atoms with van der Waals surface area (Å²) in [5, 5.41) is 7.41. The van der Waals surface area contributed by atoms with Crippen LogP contribution in [0.1, 0.15) is 16.2 Å². The predicted molar refractivity (Wildman–Crippen MR) is 63.5 cm³/mol. The predicted octanol–water partition coefficient (Wildman–Crippen LogP) is 2.59.